The van der Waals surface area contributed by atoms with Crippen LogP contribution >= 0.6 is 11.3 Å². The van der Waals surface area contributed by atoms with Gasteiger partial charge in [-0.1, -0.05) is 0 Å². The van der Waals surface area contributed by atoms with E-state index in [4.69, 9.17) is 5.73 Å². The molecule has 0 spiro atoms. The molecule has 4 N–H and O–H groups in total. The van der Waals surface area contributed by atoms with Crippen molar-refractivity contribution in [1.29, 1.82) is 0 Å². The molecule has 0 saturated heterocycles. The number of H-pyrrole nitrogens is 2. The number of rotatable bonds is 3. The molecule has 1 amide bonds. The SMILES string of the molecule is Cc1[nH][nH]c(=O)c1/C=N/c1sc2c(c1C(N)=O)CCC2. The number of primary amides is 1. The molecule has 104 valence electrons. The summed E-state index contributed by atoms with van der Waals surface area (Å²) in [5.41, 5.74) is 7.97. The van der Waals surface area contributed by atoms with Crippen molar-refractivity contribution < 1.29 is 4.79 Å². The lowest BCUT2D eigenvalue weighted by Crippen LogP contribution is -2.12. The monoisotopic (exact) mass is 290 g/mol. The second-order valence-electron chi connectivity index (χ2n) is 4.78. The average Bonchev–Trinajstić information content (AvgIpc) is 3.02. The van der Waals surface area contributed by atoms with Crippen molar-refractivity contribution in [3.63, 3.8) is 0 Å². The quantitative estimate of drug-likeness (QED) is 0.744. The number of nitrogens with one attached hydrogen (secondary N) is 2. The third-order valence-electron chi connectivity index (χ3n) is 3.47. The Morgan fingerprint density at radius 3 is 2.85 bits per heavy atom. The van der Waals surface area contributed by atoms with Crippen LogP contribution in [0.3, 0.4) is 0 Å². The predicted octanol–water partition coefficient (Wildman–Crippen LogP) is 1.41. The molecule has 1 aliphatic rings. The Labute approximate surface area is 118 Å². The average molecular weight is 290 g/mol. The molecule has 0 aromatic carbocycles. The highest BCUT2D eigenvalue weighted by molar-refractivity contribution is 7.16. The van der Waals surface area contributed by atoms with Crippen LogP contribution in [-0.4, -0.2) is 22.3 Å². The highest BCUT2D eigenvalue weighted by Crippen LogP contribution is 2.40. The summed E-state index contributed by atoms with van der Waals surface area (Å²) < 4.78 is 0. The molecule has 2 heterocycles. The van der Waals surface area contributed by atoms with Gasteiger partial charge in [-0.25, -0.2) is 4.99 Å². The van der Waals surface area contributed by atoms with Gasteiger partial charge in [0.1, 0.15) is 5.00 Å². The molecular formula is C13H14N4O2S. The standard InChI is InChI=1S/C13H14N4O2S/c1-6-8(12(19)17-16-6)5-15-13-10(11(14)18)7-3-2-4-9(7)20-13/h5H,2-4H2,1H3,(H2,14,18)(H2,16,17,19)/b15-5+. The normalized spacial score (nSPS) is 14.1. The van der Waals surface area contributed by atoms with E-state index in [9.17, 15) is 9.59 Å². The molecule has 3 rings (SSSR count). The highest BCUT2D eigenvalue weighted by Gasteiger charge is 2.24. The summed E-state index contributed by atoms with van der Waals surface area (Å²) >= 11 is 1.49. The van der Waals surface area contributed by atoms with Crippen molar-refractivity contribution in [2.24, 2.45) is 10.7 Å². The Balaban J connectivity index is 2.04. The number of aryl methyl sites for hydroxylation is 2. The van der Waals surface area contributed by atoms with E-state index in [2.05, 4.69) is 15.2 Å². The lowest BCUT2D eigenvalue weighted by atomic mass is 10.1. The van der Waals surface area contributed by atoms with Crippen LogP contribution in [0.2, 0.25) is 0 Å². The molecule has 0 aliphatic heterocycles. The molecule has 0 bridgehead atoms. The zero-order valence-corrected chi connectivity index (χ0v) is 11.8. The Morgan fingerprint density at radius 2 is 2.20 bits per heavy atom. The Kier molecular flexibility index (Phi) is 3.06. The fourth-order valence-corrected chi connectivity index (χ4v) is 3.71. The summed E-state index contributed by atoms with van der Waals surface area (Å²) in [4.78, 5) is 28.7. The van der Waals surface area contributed by atoms with Gasteiger partial charge in [-0.2, -0.15) is 0 Å². The van der Waals surface area contributed by atoms with Gasteiger partial charge in [0.05, 0.1) is 11.1 Å². The number of hydrogen-bond donors (Lipinski definition) is 3. The van der Waals surface area contributed by atoms with E-state index < -0.39 is 5.91 Å². The summed E-state index contributed by atoms with van der Waals surface area (Å²) in [6, 6.07) is 0. The van der Waals surface area contributed by atoms with Gasteiger partial charge >= 0.3 is 0 Å². The smallest absolute Gasteiger partial charge is 0.272 e. The van der Waals surface area contributed by atoms with Crippen LogP contribution in [0.15, 0.2) is 9.79 Å². The zero-order chi connectivity index (χ0) is 14.3. The minimum absolute atomic E-state index is 0.226. The Bertz CT molecular complexity index is 766. The first-order chi connectivity index (χ1) is 9.58. The van der Waals surface area contributed by atoms with E-state index >= 15 is 0 Å². The molecule has 6 nitrogen and oxygen atoms in total. The number of aromatic amines is 2. The number of aromatic nitrogens is 2. The van der Waals surface area contributed by atoms with Gasteiger partial charge in [-0.05, 0) is 31.7 Å². The van der Waals surface area contributed by atoms with Crippen LogP contribution in [0.5, 0.6) is 0 Å². The molecule has 0 unspecified atom stereocenters. The van der Waals surface area contributed by atoms with Gasteiger partial charge < -0.3 is 10.8 Å². The number of carbonyl (C=O) groups is 1. The van der Waals surface area contributed by atoms with Crippen molar-refractivity contribution in [2.75, 3.05) is 0 Å². The van der Waals surface area contributed by atoms with Crippen LogP contribution in [0, 0.1) is 6.92 Å². The zero-order valence-electron chi connectivity index (χ0n) is 10.9. The first-order valence-corrected chi connectivity index (χ1v) is 7.15. The second kappa shape index (κ2) is 4.75. The maximum absolute atomic E-state index is 11.6. The number of hydrogen-bond acceptors (Lipinski definition) is 4. The van der Waals surface area contributed by atoms with Crippen LogP contribution in [0.25, 0.3) is 0 Å². The van der Waals surface area contributed by atoms with Gasteiger partial charge in [0.25, 0.3) is 11.5 Å². The summed E-state index contributed by atoms with van der Waals surface area (Å²) in [6.07, 6.45) is 4.39. The first-order valence-electron chi connectivity index (χ1n) is 6.33. The lowest BCUT2D eigenvalue weighted by Gasteiger charge is -1.97. The number of nitrogens with zero attached hydrogens (tertiary/aromatic N) is 1. The van der Waals surface area contributed by atoms with Crippen molar-refractivity contribution in [1.82, 2.24) is 10.2 Å². The molecule has 1 aliphatic carbocycles. The van der Waals surface area contributed by atoms with Gasteiger partial charge in [0.2, 0.25) is 0 Å². The number of nitrogens with two attached hydrogens (primary N) is 1. The van der Waals surface area contributed by atoms with Crippen LogP contribution in [-0.2, 0) is 12.8 Å². The molecule has 20 heavy (non-hydrogen) atoms. The molecule has 0 atom stereocenters. The number of thiophene rings is 1. The van der Waals surface area contributed by atoms with Gasteiger partial charge in [0.15, 0.2) is 0 Å². The molecule has 0 fully saturated rings. The molecule has 0 saturated carbocycles. The number of fused-ring (bicyclic) bond motifs is 1. The van der Waals surface area contributed by atoms with E-state index in [1.54, 1.807) is 6.92 Å². The van der Waals surface area contributed by atoms with Crippen molar-refractivity contribution in [3.8, 4) is 0 Å². The number of aliphatic imine (C=N–C) groups is 1. The minimum Gasteiger partial charge on any atom is -0.365 e. The number of amides is 1. The van der Waals surface area contributed by atoms with Crippen LogP contribution in [0.4, 0.5) is 5.00 Å². The van der Waals surface area contributed by atoms with E-state index in [0.717, 1.165) is 24.8 Å². The molecule has 2 aromatic rings. The third-order valence-corrected chi connectivity index (χ3v) is 4.67. The predicted molar refractivity (Wildman–Crippen MR) is 78.3 cm³/mol. The summed E-state index contributed by atoms with van der Waals surface area (Å²) in [5, 5.41) is 5.82. The Hall–Kier alpha value is -2.15. The summed E-state index contributed by atoms with van der Waals surface area (Å²) in [7, 11) is 0. The summed E-state index contributed by atoms with van der Waals surface area (Å²) in [6.45, 7) is 1.78. The Morgan fingerprint density at radius 1 is 1.40 bits per heavy atom. The maximum Gasteiger partial charge on any atom is 0.272 e. The van der Waals surface area contributed by atoms with E-state index in [1.165, 1.54) is 22.4 Å². The van der Waals surface area contributed by atoms with Crippen molar-refractivity contribution >= 4 is 28.5 Å². The van der Waals surface area contributed by atoms with Crippen LogP contribution < -0.4 is 11.3 Å². The van der Waals surface area contributed by atoms with Gasteiger partial charge in [0, 0.05) is 16.8 Å². The van der Waals surface area contributed by atoms with Gasteiger partial charge in [-0.3, -0.25) is 14.7 Å². The first kappa shape index (κ1) is 12.9. The van der Waals surface area contributed by atoms with E-state index in [-0.39, 0.29) is 5.56 Å². The van der Waals surface area contributed by atoms with E-state index in [0.29, 0.717) is 21.8 Å². The summed E-state index contributed by atoms with van der Waals surface area (Å²) in [5.74, 6) is -0.448. The van der Waals surface area contributed by atoms with Crippen molar-refractivity contribution in [2.45, 2.75) is 26.2 Å². The minimum atomic E-state index is -0.448. The topological polar surface area (TPSA) is 104 Å². The molecular weight excluding hydrogens is 276 g/mol. The molecule has 7 heteroatoms. The van der Waals surface area contributed by atoms with Gasteiger partial charge in [-0.15, -0.1) is 11.3 Å². The molecule has 2 aromatic heterocycles. The maximum atomic E-state index is 11.6. The number of carbonyl (C=O) groups excluding carboxylic acids is 1. The largest absolute Gasteiger partial charge is 0.365 e. The fraction of sp³-hybridized carbons (Fsp3) is 0.308. The molecule has 0 radical (unpaired) electrons. The lowest BCUT2D eigenvalue weighted by molar-refractivity contribution is 0.100. The second-order valence-corrected chi connectivity index (χ2v) is 5.86. The van der Waals surface area contributed by atoms with Crippen LogP contribution in [0.1, 0.15) is 38.5 Å². The fourth-order valence-electron chi connectivity index (χ4n) is 2.47. The van der Waals surface area contributed by atoms with Crippen molar-refractivity contribution in [3.05, 3.63) is 37.6 Å². The third kappa shape index (κ3) is 2.00. The van der Waals surface area contributed by atoms with E-state index in [1.807, 2.05) is 0 Å². The highest BCUT2D eigenvalue weighted by atomic mass is 32.1.